The number of nitrogens with one attached hydrogen (secondary N) is 1. The van der Waals surface area contributed by atoms with Gasteiger partial charge in [-0.15, -0.1) is 5.10 Å². The highest BCUT2D eigenvalue weighted by atomic mass is 16.5. The molecule has 0 saturated heterocycles. The first kappa shape index (κ1) is 15.4. The summed E-state index contributed by atoms with van der Waals surface area (Å²) < 4.78 is 5.18. The van der Waals surface area contributed by atoms with E-state index in [0.29, 0.717) is 22.6 Å². The Bertz CT molecular complexity index is 858. The van der Waals surface area contributed by atoms with Gasteiger partial charge in [-0.3, -0.25) is 4.79 Å². The summed E-state index contributed by atoms with van der Waals surface area (Å²) in [5.74, 6) is -1.01. The van der Waals surface area contributed by atoms with Gasteiger partial charge in [0.25, 0.3) is 5.91 Å². The van der Waals surface area contributed by atoms with Gasteiger partial charge in [-0.2, -0.15) is 5.10 Å². The third-order valence-corrected chi connectivity index (χ3v) is 3.27. The van der Waals surface area contributed by atoms with E-state index < -0.39 is 12.6 Å². The van der Waals surface area contributed by atoms with E-state index in [9.17, 15) is 9.59 Å². The quantitative estimate of drug-likeness (QED) is 0.648. The summed E-state index contributed by atoms with van der Waals surface area (Å²) in [5, 5.41) is 19.3. The van der Waals surface area contributed by atoms with Crippen molar-refractivity contribution in [1.82, 2.24) is 0 Å². The fraction of sp³-hybridized carbons (Fsp3) is 0.0588. The lowest BCUT2D eigenvalue weighted by Gasteiger charge is -2.05. The molecular formula is C17H13N3O4. The first-order valence-corrected chi connectivity index (χ1v) is 7.10. The van der Waals surface area contributed by atoms with Crippen LogP contribution in [0.4, 0.5) is 5.69 Å². The molecular weight excluding hydrogens is 310 g/mol. The number of aliphatic carboxylic acids is 1. The summed E-state index contributed by atoms with van der Waals surface area (Å²) in [6.07, 6.45) is 1.42. The second kappa shape index (κ2) is 6.74. The Morgan fingerprint density at radius 1 is 1.17 bits per heavy atom. The number of benzene rings is 2. The summed E-state index contributed by atoms with van der Waals surface area (Å²) in [5.41, 5.74) is 2.18. The van der Waals surface area contributed by atoms with E-state index in [1.54, 1.807) is 36.4 Å². The maximum absolute atomic E-state index is 11.9. The monoisotopic (exact) mass is 323 g/mol. The van der Waals surface area contributed by atoms with Crippen molar-refractivity contribution in [3.63, 3.8) is 0 Å². The van der Waals surface area contributed by atoms with Crippen LogP contribution >= 0.6 is 0 Å². The largest absolute Gasteiger partial charge is 0.481 e. The lowest BCUT2D eigenvalue weighted by molar-refractivity contribution is -0.139. The highest BCUT2D eigenvalue weighted by Crippen LogP contribution is 2.22. The molecule has 2 aromatic rings. The zero-order valence-electron chi connectivity index (χ0n) is 12.5. The molecule has 1 amide bonds. The number of nitrogens with zero attached hydrogens (tertiary/aromatic N) is 2. The third kappa shape index (κ3) is 3.30. The van der Waals surface area contributed by atoms with Crippen molar-refractivity contribution in [3.05, 3.63) is 59.7 Å². The Hall–Kier alpha value is -3.48. The molecule has 0 atom stereocenters. The second-order valence-corrected chi connectivity index (χ2v) is 4.91. The van der Waals surface area contributed by atoms with Gasteiger partial charge in [0.1, 0.15) is 5.75 Å². The van der Waals surface area contributed by atoms with Gasteiger partial charge in [0, 0.05) is 11.1 Å². The number of para-hydroxylation sites is 2. The average molecular weight is 323 g/mol. The molecule has 1 aliphatic rings. The van der Waals surface area contributed by atoms with Crippen LogP contribution in [0.25, 0.3) is 0 Å². The first-order chi connectivity index (χ1) is 11.6. The molecule has 0 aliphatic carbocycles. The SMILES string of the molecule is O=C(O)COc1ccccc1/C=N/N=C1\C(=O)Nc2ccccc21. The van der Waals surface area contributed by atoms with Gasteiger partial charge in [0.05, 0.1) is 11.9 Å². The predicted octanol–water partition coefficient (Wildman–Crippen LogP) is 1.93. The van der Waals surface area contributed by atoms with Crippen LogP contribution in [-0.4, -0.2) is 35.5 Å². The van der Waals surface area contributed by atoms with Crippen LogP contribution in [0.5, 0.6) is 5.75 Å². The molecule has 1 heterocycles. The van der Waals surface area contributed by atoms with Crippen LogP contribution in [-0.2, 0) is 9.59 Å². The number of ether oxygens (including phenoxy) is 1. The number of carboxylic acids is 1. The van der Waals surface area contributed by atoms with Gasteiger partial charge in [-0.1, -0.05) is 30.3 Å². The molecule has 0 saturated carbocycles. The van der Waals surface area contributed by atoms with E-state index >= 15 is 0 Å². The number of carbonyl (C=O) groups is 2. The highest BCUT2D eigenvalue weighted by molar-refractivity contribution is 6.53. The summed E-state index contributed by atoms with van der Waals surface area (Å²) in [7, 11) is 0. The summed E-state index contributed by atoms with van der Waals surface area (Å²) in [6.45, 7) is -0.449. The molecule has 2 N–H and O–H groups in total. The van der Waals surface area contributed by atoms with Crippen molar-refractivity contribution in [2.45, 2.75) is 0 Å². The fourth-order valence-corrected chi connectivity index (χ4v) is 2.21. The summed E-state index contributed by atoms with van der Waals surface area (Å²) in [6, 6.07) is 14.0. The van der Waals surface area contributed by atoms with Gasteiger partial charge in [0.2, 0.25) is 0 Å². The Morgan fingerprint density at radius 3 is 2.75 bits per heavy atom. The van der Waals surface area contributed by atoms with Crippen LogP contribution in [0.2, 0.25) is 0 Å². The number of carboxylic acid groups (broad SMARTS) is 1. The van der Waals surface area contributed by atoms with E-state index in [2.05, 4.69) is 15.5 Å². The second-order valence-electron chi connectivity index (χ2n) is 4.91. The minimum Gasteiger partial charge on any atom is -0.481 e. The Kier molecular flexibility index (Phi) is 4.33. The lowest BCUT2D eigenvalue weighted by Crippen LogP contribution is -2.13. The molecule has 7 nitrogen and oxygen atoms in total. The zero-order valence-corrected chi connectivity index (χ0v) is 12.5. The molecule has 3 rings (SSSR count). The number of rotatable bonds is 5. The van der Waals surface area contributed by atoms with Crippen molar-refractivity contribution < 1.29 is 19.4 Å². The molecule has 0 spiro atoms. The molecule has 0 bridgehead atoms. The Labute approximate surface area is 137 Å². The van der Waals surface area contributed by atoms with E-state index in [1.807, 2.05) is 12.1 Å². The molecule has 0 radical (unpaired) electrons. The van der Waals surface area contributed by atoms with Crippen LogP contribution in [0, 0.1) is 0 Å². The number of hydrogen-bond acceptors (Lipinski definition) is 5. The number of carbonyl (C=O) groups excluding carboxylic acids is 1. The Balaban J connectivity index is 1.82. The predicted molar refractivity (Wildman–Crippen MR) is 88.8 cm³/mol. The molecule has 0 fully saturated rings. The van der Waals surface area contributed by atoms with Crippen molar-refractivity contribution in [1.29, 1.82) is 0 Å². The van der Waals surface area contributed by atoms with Crippen LogP contribution in [0.1, 0.15) is 11.1 Å². The average Bonchev–Trinajstić information content (AvgIpc) is 2.89. The minimum absolute atomic E-state index is 0.228. The molecule has 0 unspecified atom stereocenters. The van der Waals surface area contributed by atoms with Gasteiger partial charge in [0.15, 0.2) is 12.3 Å². The van der Waals surface area contributed by atoms with Gasteiger partial charge in [-0.05, 0) is 18.2 Å². The third-order valence-electron chi connectivity index (χ3n) is 3.27. The molecule has 0 aromatic heterocycles. The maximum atomic E-state index is 11.9. The number of fused-ring (bicyclic) bond motifs is 1. The van der Waals surface area contributed by atoms with Gasteiger partial charge in [-0.25, -0.2) is 4.79 Å². The standard InChI is InChI=1S/C17H13N3O4/c21-15(22)10-24-14-8-4-1-5-11(14)9-18-20-16-12-6-2-3-7-13(12)19-17(16)23/h1-9H,10H2,(H,21,22)(H,19,20,23)/b18-9+. The molecule has 120 valence electrons. The Morgan fingerprint density at radius 2 is 1.92 bits per heavy atom. The maximum Gasteiger partial charge on any atom is 0.341 e. The van der Waals surface area contributed by atoms with Gasteiger partial charge >= 0.3 is 5.97 Å². The van der Waals surface area contributed by atoms with Crippen LogP contribution in [0.3, 0.4) is 0 Å². The van der Waals surface area contributed by atoms with Crippen molar-refractivity contribution >= 4 is 29.5 Å². The van der Waals surface area contributed by atoms with Crippen LogP contribution in [0.15, 0.2) is 58.7 Å². The lowest BCUT2D eigenvalue weighted by atomic mass is 10.1. The zero-order chi connectivity index (χ0) is 16.9. The molecule has 2 aromatic carbocycles. The molecule has 1 aliphatic heterocycles. The number of amides is 1. The summed E-state index contributed by atoms with van der Waals surface area (Å²) in [4.78, 5) is 22.5. The van der Waals surface area contributed by atoms with Crippen LogP contribution < -0.4 is 10.1 Å². The van der Waals surface area contributed by atoms with Gasteiger partial charge < -0.3 is 15.2 Å². The van der Waals surface area contributed by atoms with Crippen molar-refractivity contribution in [2.75, 3.05) is 11.9 Å². The topological polar surface area (TPSA) is 100 Å². The fourth-order valence-electron chi connectivity index (χ4n) is 2.21. The van der Waals surface area contributed by atoms with Crippen molar-refractivity contribution in [2.24, 2.45) is 10.2 Å². The van der Waals surface area contributed by atoms with E-state index in [0.717, 1.165) is 0 Å². The van der Waals surface area contributed by atoms with Crippen molar-refractivity contribution in [3.8, 4) is 5.75 Å². The normalized spacial score (nSPS) is 14.7. The minimum atomic E-state index is -1.07. The highest BCUT2D eigenvalue weighted by Gasteiger charge is 2.25. The number of hydrogen-bond donors (Lipinski definition) is 2. The van der Waals surface area contributed by atoms with E-state index in [1.165, 1.54) is 6.21 Å². The molecule has 7 heteroatoms. The molecule has 24 heavy (non-hydrogen) atoms. The summed E-state index contributed by atoms with van der Waals surface area (Å²) >= 11 is 0. The smallest absolute Gasteiger partial charge is 0.341 e. The first-order valence-electron chi connectivity index (χ1n) is 7.10. The number of anilines is 1. The van der Waals surface area contributed by atoms with E-state index in [4.69, 9.17) is 9.84 Å². The van der Waals surface area contributed by atoms with E-state index in [-0.39, 0.29) is 11.6 Å².